The Hall–Kier alpha value is -0.980. The lowest BCUT2D eigenvalue weighted by molar-refractivity contribution is 0.324. The van der Waals surface area contributed by atoms with Crippen LogP contribution in [0.5, 0.6) is 0 Å². The molecule has 0 aliphatic heterocycles. The van der Waals surface area contributed by atoms with E-state index in [0.717, 1.165) is 7.11 Å². The van der Waals surface area contributed by atoms with Crippen LogP contribution in [0.25, 0.3) is 0 Å². The van der Waals surface area contributed by atoms with Crippen LogP contribution in [-0.2, 0) is 14.6 Å². The molecule has 1 rings (SSSR count). The molecule has 0 spiro atoms. The summed E-state index contributed by atoms with van der Waals surface area (Å²) in [5.41, 5.74) is 0. The van der Waals surface area contributed by atoms with E-state index in [1.807, 2.05) is 18.2 Å². The van der Waals surface area contributed by atoms with Gasteiger partial charge in [0, 0.05) is 12.4 Å². The monoisotopic (exact) mass is 191 g/mol. The van der Waals surface area contributed by atoms with Crippen molar-refractivity contribution in [3.05, 3.63) is 30.6 Å². The molecule has 1 N–H and O–H groups in total. The van der Waals surface area contributed by atoms with Crippen LogP contribution < -0.4 is 0 Å². The van der Waals surface area contributed by atoms with Gasteiger partial charge in [-0.3, -0.25) is 13.7 Å². The molecule has 0 atom stereocenters. The number of rotatable bonds is 1. The molecule has 0 amide bonds. The molecule has 0 aromatic carbocycles. The highest BCUT2D eigenvalue weighted by molar-refractivity contribution is 7.80. The van der Waals surface area contributed by atoms with Crippen LogP contribution in [-0.4, -0.2) is 25.1 Å². The third-order valence-corrected chi connectivity index (χ3v) is 1.20. The summed E-state index contributed by atoms with van der Waals surface area (Å²) in [6.07, 6.45) is 3.50. The Balaban J connectivity index is 0.000000202. The van der Waals surface area contributed by atoms with Gasteiger partial charge in [-0.15, -0.1) is 0 Å². The zero-order chi connectivity index (χ0) is 9.45. The van der Waals surface area contributed by atoms with Crippen LogP contribution in [0.3, 0.4) is 0 Å². The standard InChI is InChI=1S/C5H5N.CH4O4S/c1-2-4-6-5-3-1;1-5-6(2,3)4/h1-5H;1H3,(H,2,3,4). The van der Waals surface area contributed by atoms with Crippen molar-refractivity contribution >= 4 is 10.4 Å². The zero-order valence-electron chi connectivity index (χ0n) is 6.41. The highest BCUT2D eigenvalue weighted by Gasteiger charge is 1.93. The molecule has 0 saturated carbocycles. The average molecular weight is 191 g/mol. The molecule has 6 heteroatoms. The molecule has 1 aromatic rings. The van der Waals surface area contributed by atoms with Gasteiger partial charge in [-0.05, 0) is 12.1 Å². The van der Waals surface area contributed by atoms with Gasteiger partial charge in [0.15, 0.2) is 0 Å². The Morgan fingerprint density at radius 3 is 1.75 bits per heavy atom. The lowest BCUT2D eigenvalue weighted by Gasteiger charge is -1.82. The van der Waals surface area contributed by atoms with Crippen molar-refractivity contribution in [1.29, 1.82) is 0 Å². The summed E-state index contributed by atoms with van der Waals surface area (Å²) < 4.78 is 29.7. The van der Waals surface area contributed by atoms with E-state index in [1.165, 1.54) is 0 Å². The number of hydrogen-bond acceptors (Lipinski definition) is 4. The summed E-state index contributed by atoms with van der Waals surface area (Å²) in [7, 11) is -3.29. The molecule has 5 nitrogen and oxygen atoms in total. The quantitative estimate of drug-likeness (QED) is 0.655. The summed E-state index contributed by atoms with van der Waals surface area (Å²) in [5, 5.41) is 0. The van der Waals surface area contributed by atoms with Crippen LogP contribution in [0.1, 0.15) is 0 Å². The van der Waals surface area contributed by atoms with Crippen LogP contribution in [0.2, 0.25) is 0 Å². The van der Waals surface area contributed by atoms with Crippen molar-refractivity contribution in [2.75, 3.05) is 7.11 Å². The average Bonchev–Trinajstić information content (AvgIpc) is 2.07. The van der Waals surface area contributed by atoms with E-state index >= 15 is 0 Å². The minimum absolute atomic E-state index is 0.870. The summed E-state index contributed by atoms with van der Waals surface area (Å²) in [6, 6.07) is 5.72. The first kappa shape index (κ1) is 11.0. The fraction of sp³-hybridized carbons (Fsp3) is 0.167. The van der Waals surface area contributed by atoms with Crippen LogP contribution >= 0.6 is 0 Å². The summed E-state index contributed by atoms with van der Waals surface area (Å²) in [5.74, 6) is 0. The topological polar surface area (TPSA) is 76.5 Å². The molecular weight excluding hydrogens is 182 g/mol. The maximum Gasteiger partial charge on any atom is 0.397 e. The van der Waals surface area contributed by atoms with Gasteiger partial charge in [-0.25, -0.2) is 0 Å². The zero-order valence-corrected chi connectivity index (χ0v) is 7.23. The lowest BCUT2D eigenvalue weighted by atomic mass is 10.5. The van der Waals surface area contributed by atoms with E-state index in [1.54, 1.807) is 12.4 Å². The van der Waals surface area contributed by atoms with Crippen LogP contribution in [0, 0.1) is 0 Å². The van der Waals surface area contributed by atoms with E-state index in [9.17, 15) is 8.42 Å². The van der Waals surface area contributed by atoms with Crippen molar-refractivity contribution in [1.82, 2.24) is 4.98 Å². The minimum atomic E-state index is -4.16. The minimum Gasteiger partial charge on any atom is -0.265 e. The lowest BCUT2D eigenvalue weighted by Crippen LogP contribution is -1.96. The van der Waals surface area contributed by atoms with Gasteiger partial charge < -0.3 is 0 Å². The van der Waals surface area contributed by atoms with Crippen LogP contribution in [0.4, 0.5) is 0 Å². The first-order chi connectivity index (χ1) is 5.56. The molecule has 1 aromatic heterocycles. The molecule has 0 radical (unpaired) electrons. The van der Waals surface area contributed by atoms with Crippen molar-refractivity contribution in [2.24, 2.45) is 0 Å². The normalized spacial score (nSPS) is 9.83. The maximum absolute atomic E-state index is 9.33. The molecule has 12 heavy (non-hydrogen) atoms. The first-order valence-corrected chi connectivity index (χ1v) is 4.31. The van der Waals surface area contributed by atoms with Gasteiger partial charge in [-0.2, -0.15) is 8.42 Å². The van der Waals surface area contributed by atoms with E-state index in [-0.39, 0.29) is 0 Å². The van der Waals surface area contributed by atoms with Crippen LogP contribution in [0.15, 0.2) is 30.6 Å². The first-order valence-electron chi connectivity index (χ1n) is 2.94. The highest BCUT2D eigenvalue weighted by Crippen LogP contribution is 1.75. The molecule has 0 unspecified atom stereocenters. The Morgan fingerprint density at radius 2 is 1.67 bits per heavy atom. The van der Waals surface area contributed by atoms with Gasteiger partial charge in [0.05, 0.1) is 7.11 Å². The molecule has 0 aliphatic carbocycles. The summed E-state index contributed by atoms with van der Waals surface area (Å²) in [6.45, 7) is 0. The van der Waals surface area contributed by atoms with Gasteiger partial charge in [0.1, 0.15) is 0 Å². The number of pyridine rings is 1. The maximum atomic E-state index is 9.33. The van der Waals surface area contributed by atoms with E-state index in [4.69, 9.17) is 4.55 Å². The fourth-order valence-electron chi connectivity index (χ4n) is 0.313. The predicted octanol–water partition coefficient (Wildman–Crippen LogP) is 0.517. The predicted molar refractivity (Wildman–Crippen MR) is 42.8 cm³/mol. The molecular formula is C6H9NO4S. The number of aromatic nitrogens is 1. The number of nitrogens with zero attached hydrogens (tertiary/aromatic N) is 1. The molecule has 0 saturated heterocycles. The van der Waals surface area contributed by atoms with Gasteiger partial charge >= 0.3 is 10.4 Å². The van der Waals surface area contributed by atoms with E-state index in [0.29, 0.717) is 0 Å². The van der Waals surface area contributed by atoms with E-state index in [2.05, 4.69) is 9.17 Å². The SMILES string of the molecule is COS(=O)(=O)O.c1ccncc1. The molecule has 0 fully saturated rings. The second kappa shape index (κ2) is 5.64. The Labute approximate surface area is 71.0 Å². The molecule has 0 aliphatic rings. The summed E-state index contributed by atoms with van der Waals surface area (Å²) in [4.78, 5) is 3.78. The van der Waals surface area contributed by atoms with Gasteiger partial charge in [0.2, 0.25) is 0 Å². The van der Waals surface area contributed by atoms with Crippen molar-refractivity contribution in [3.8, 4) is 0 Å². The smallest absolute Gasteiger partial charge is 0.265 e. The molecule has 0 bridgehead atoms. The fourth-order valence-corrected chi connectivity index (χ4v) is 0.313. The number of hydrogen-bond donors (Lipinski definition) is 1. The Morgan fingerprint density at radius 1 is 1.25 bits per heavy atom. The second-order valence-corrected chi connectivity index (χ2v) is 2.81. The summed E-state index contributed by atoms with van der Waals surface area (Å²) >= 11 is 0. The second-order valence-electron chi connectivity index (χ2n) is 1.62. The third-order valence-electron chi connectivity index (χ3n) is 0.777. The molecule has 1 heterocycles. The third kappa shape index (κ3) is 9.02. The Bertz CT molecular complexity index is 257. The van der Waals surface area contributed by atoms with Crippen molar-refractivity contribution < 1.29 is 17.2 Å². The Kier molecular flexibility index (Phi) is 5.18. The van der Waals surface area contributed by atoms with Gasteiger partial charge in [-0.1, -0.05) is 6.07 Å². The van der Waals surface area contributed by atoms with Gasteiger partial charge in [0.25, 0.3) is 0 Å². The van der Waals surface area contributed by atoms with E-state index < -0.39 is 10.4 Å². The largest absolute Gasteiger partial charge is 0.397 e. The van der Waals surface area contributed by atoms with Crippen molar-refractivity contribution in [3.63, 3.8) is 0 Å². The highest BCUT2D eigenvalue weighted by atomic mass is 32.3. The molecule has 68 valence electrons. The van der Waals surface area contributed by atoms with Crippen molar-refractivity contribution in [2.45, 2.75) is 0 Å².